The van der Waals surface area contributed by atoms with Crippen molar-refractivity contribution in [1.29, 1.82) is 0 Å². The van der Waals surface area contributed by atoms with Crippen LogP contribution >= 0.6 is 0 Å². The lowest BCUT2D eigenvalue weighted by atomic mass is 9.75. The molecule has 1 heterocycles. The van der Waals surface area contributed by atoms with Gasteiger partial charge in [0, 0.05) is 17.1 Å². The third kappa shape index (κ3) is 3.57. The van der Waals surface area contributed by atoms with E-state index in [4.69, 9.17) is 10.5 Å². The quantitative estimate of drug-likeness (QED) is 0.700. The van der Waals surface area contributed by atoms with Gasteiger partial charge in [0.25, 0.3) is 5.56 Å². The molecule has 0 radical (unpaired) electrons. The largest absolute Gasteiger partial charge is 0.490 e. The Morgan fingerprint density at radius 1 is 1.04 bits per heavy atom. The summed E-state index contributed by atoms with van der Waals surface area (Å²) in [6, 6.07) is 12.4. The number of aromatic amines is 1. The summed E-state index contributed by atoms with van der Waals surface area (Å²) in [5.74, 6) is 0.860. The maximum atomic E-state index is 12.0. The van der Waals surface area contributed by atoms with Gasteiger partial charge >= 0.3 is 0 Å². The van der Waals surface area contributed by atoms with Crippen LogP contribution in [0.25, 0.3) is 10.8 Å². The number of benzene rings is 2. The lowest BCUT2D eigenvalue weighted by Gasteiger charge is -2.38. The van der Waals surface area contributed by atoms with Crippen molar-refractivity contribution in [2.75, 3.05) is 0 Å². The molecular weight excluding hydrogens is 348 g/mol. The van der Waals surface area contributed by atoms with E-state index < -0.39 is 0 Å². The van der Waals surface area contributed by atoms with Crippen LogP contribution in [-0.2, 0) is 5.54 Å². The standard InChI is InChI=1S/C24H28N2O2/c1-15-10-16(2)12-19(11-15)24(25)7-4-20(5-8-24)28-22-14-18-6-9-26-23(27)21(18)13-17(22)3/h6,9-14,20H,4-5,7-8,25H2,1-3H3,(H,26,27)/t20-,24+. The zero-order chi connectivity index (χ0) is 19.9. The number of pyridine rings is 1. The Morgan fingerprint density at radius 2 is 1.71 bits per heavy atom. The number of nitrogens with one attached hydrogen (secondary N) is 1. The molecule has 0 amide bonds. The number of hydrogen-bond donors (Lipinski definition) is 2. The molecule has 3 N–H and O–H groups in total. The van der Waals surface area contributed by atoms with Gasteiger partial charge in [-0.3, -0.25) is 4.79 Å². The smallest absolute Gasteiger partial charge is 0.255 e. The summed E-state index contributed by atoms with van der Waals surface area (Å²) in [4.78, 5) is 14.7. The molecule has 0 aliphatic heterocycles. The Bertz CT molecular complexity index is 1060. The number of aromatic nitrogens is 1. The molecule has 1 aromatic heterocycles. The van der Waals surface area contributed by atoms with Crippen molar-refractivity contribution in [1.82, 2.24) is 4.98 Å². The van der Waals surface area contributed by atoms with Crippen LogP contribution in [0.3, 0.4) is 0 Å². The first kappa shape index (κ1) is 18.8. The zero-order valence-corrected chi connectivity index (χ0v) is 16.8. The van der Waals surface area contributed by atoms with Crippen LogP contribution in [-0.4, -0.2) is 11.1 Å². The summed E-state index contributed by atoms with van der Waals surface area (Å²) in [6.45, 7) is 6.25. The summed E-state index contributed by atoms with van der Waals surface area (Å²) >= 11 is 0. The van der Waals surface area contributed by atoms with Gasteiger partial charge in [0.05, 0.1) is 6.10 Å². The third-order valence-corrected chi connectivity index (χ3v) is 5.98. The van der Waals surface area contributed by atoms with E-state index in [1.54, 1.807) is 6.20 Å². The molecule has 0 atom stereocenters. The molecule has 0 spiro atoms. The summed E-state index contributed by atoms with van der Waals surface area (Å²) in [5, 5.41) is 1.61. The minimum absolute atomic E-state index is 0.0637. The molecule has 28 heavy (non-hydrogen) atoms. The Kier molecular flexibility index (Phi) is 4.76. The van der Waals surface area contributed by atoms with Gasteiger partial charge in [-0.05, 0) is 81.2 Å². The Morgan fingerprint density at radius 3 is 2.39 bits per heavy atom. The van der Waals surface area contributed by atoms with Gasteiger partial charge in [-0.1, -0.05) is 29.3 Å². The highest BCUT2D eigenvalue weighted by molar-refractivity contribution is 5.83. The minimum Gasteiger partial charge on any atom is -0.490 e. The first-order valence-electron chi connectivity index (χ1n) is 10.0. The molecule has 0 bridgehead atoms. The lowest BCUT2D eigenvalue weighted by Crippen LogP contribution is -2.43. The van der Waals surface area contributed by atoms with Gasteiger partial charge < -0.3 is 15.5 Å². The van der Waals surface area contributed by atoms with Gasteiger partial charge in [-0.15, -0.1) is 0 Å². The summed E-state index contributed by atoms with van der Waals surface area (Å²) in [6.07, 6.45) is 5.50. The molecule has 0 saturated heterocycles. The first-order valence-corrected chi connectivity index (χ1v) is 10.0. The van der Waals surface area contributed by atoms with Gasteiger partial charge in [-0.2, -0.15) is 0 Å². The van der Waals surface area contributed by atoms with E-state index in [2.05, 4.69) is 37.0 Å². The number of rotatable bonds is 3. The van der Waals surface area contributed by atoms with Crippen LogP contribution in [0, 0.1) is 20.8 Å². The predicted molar refractivity (Wildman–Crippen MR) is 114 cm³/mol. The van der Waals surface area contributed by atoms with E-state index in [1.165, 1.54) is 16.7 Å². The van der Waals surface area contributed by atoms with Crippen LogP contribution < -0.4 is 16.0 Å². The Hall–Kier alpha value is -2.59. The molecule has 3 aromatic rings. The van der Waals surface area contributed by atoms with Crippen LogP contribution in [0.5, 0.6) is 5.75 Å². The molecule has 4 rings (SSSR count). The normalized spacial score (nSPS) is 22.4. The molecule has 0 unspecified atom stereocenters. The number of hydrogen-bond acceptors (Lipinski definition) is 3. The number of nitrogens with two attached hydrogens (primary N) is 1. The maximum Gasteiger partial charge on any atom is 0.255 e. The summed E-state index contributed by atoms with van der Waals surface area (Å²) < 4.78 is 6.34. The second-order valence-corrected chi connectivity index (χ2v) is 8.36. The molecule has 4 heteroatoms. The van der Waals surface area contributed by atoms with Crippen molar-refractivity contribution in [3.63, 3.8) is 0 Å². The Balaban J connectivity index is 1.51. The van der Waals surface area contributed by atoms with E-state index in [-0.39, 0.29) is 17.2 Å². The van der Waals surface area contributed by atoms with E-state index in [0.717, 1.165) is 42.4 Å². The monoisotopic (exact) mass is 376 g/mol. The molecule has 1 fully saturated rings. The summed E-state index contributed by atoms with van der Waals surface area (Å²) in [7, 11) is 0. The molecule has 1 aliphatic rings. The van der Waals surface area contributed by atoms with Crippen LogP contribution in [0.15, 0.2) is 47.4 Å². The van der Waals surface area contributed by atoms with Crippen molar-refractivity contribution in [2.45, 2.75) is 58.1 Å². The number of H-pyrrole nitrogens is 1. The fraction of sp³-hybridized carbons (Fsp3) is 0.375. The van der Waals surface area contributed by atoms with Gasteiger partial charge in [0.15, 0.2) is 0 Å². The second-order valence-electron chi connectivity index (χ2n) is 8.36. The molecular formula is C24H28N2O2. The van der Waals surface area contributed by atoms with E-state index in [0.29, 0.717) is 5.39 Å². The highest BCUT2D eigenvalue weighted by Crippen LogP contribution is 2.37. The topological polar surface area (TPSA) is 68.1 Å². The van der Waals surface area contributed by atoms with Crippen LogP contribution in [0.2, 0.25) is 0 Å². The summed E-state index contributed by atoms with van der Waals surface area (Å²) in [5.41, 5.74) is 11.2. The van der Waals surface area contributed by atoms with Gasteiger partial charge in [0.1, 0.15) is 5.75 Å². The van der Waals surface area contributed by atoms with Gasteiger partial charge in [0.2, 0.25) is 0 Å². The van der Waals surface area contributed by atoms with Crippen molar-refractivity contribution < 1.29 is 4.74 Å². The average molecular weight is 377 g/mol. The zero-order valence-electron chi connectivity index (χ0n) is 16.8. The average Bonchev–Trinajstić information content (AvgIpc) is 2.64. The predicted octanol–water partition coefficient (Wildman–Crippen LogP) is 4.63. The minimum atomic E-state index is -0.275. The van der Waals surface area contributed by atoms with Crippen molar-refractivity contribution >= 4 is 10.8 Å². The van der Waals surface area contributed by atoms with Crippen molar-refractivity contribution in [3.05, 3.63) is 75.2 Å². The fourth-order valence-corrected chi connectivity index (χ4v) is 4.40. The van der Waals surface area contributed by atoms with E-state index in [1.807, 2.05) is 25.1 Å². The molecule has 4 nitrogen and oxygen atoms in total. The number of fused-ring (bicyclic) bond motifs is 1. The van der Waals surface area contributed by atoms with Crippen LogP contribution in [0.1, 0.15) is 47.9 Å². The van der Waals surface area contributed by atoms with Crippen molar-refractivity contribution in [2.24, 2.45) is 5.73 Å². The van der Waals surface area contributed by atoms with Crippen molar-refractivity contribution in [3.8, 4) is 5.75 Å². The van der Waals surface area contributed by atoms with Crippen LogP contribution in [0.4, 0.5) is 0 Å². The van der Waals surface area contributed by atoms with E-state index >= 15 is 0 Å². The number of ether oxygens (including phenoxy) is 1. The lowest BCUT2D eigenvalue weighted by molar-refractivity contribution is 0.117. The number of aryl methyl sites for hydroxylation is 3. The SMILES string of the molecule is Cc1cc(C)cc([C@]2(N)CC[C@@H](Oc3cc4cc[nH]c(=O)c4cc3C)CC2)c1. The Labute approximate surface area is 165 Å². The third-order valence-electron chi connectivity index (χ3n) is 5.98. The second kappa shape index (κ2) is 7.10. The highest BCUT2D eigenvalue weighted by Gasteiger charge is 2.34. The molecule has 146 valence electrons. The fourth-order valence-electron chi connectivity index (χ4n) is 4.40. The first-order chi connectivity index (χ1) is 13.3. The molecule has 2 aromatic carbocycles. The highest BCUT2D eigenvalue weighted by atomic mass is 16.5. The van der Waals surface area contributed by atoms with Gasteiger partial charge in [-0.25, -0.2) is 0 Å². The maximum absolute atomic E-state index is 12.0. The molecule has 1 saturated carbocycles. The van der Waals surface area contributed by atoms with E-state index in [9.17, 15) is 4.79 Å². The molecule has 1 aliphatic carbocycles.